The fourth-order valence-corrected chi connectivity index (χ4v) is 4.45. The zero-order chi connectivity index (χ0) is 27.2. The van der Waals surface area contributed by atoms with Crippen LogP contribution in [0.4, 0.5) is 17.1 Å². The van der Waals surface area contributed by atoms with Gasteiger partial charge in [-0.05, 0) is 100 Å². The van der Waals surface area contributed by atoms with E-state index in [1.807, 2.05) is 84.9 Å². The summed E-state index contributed by atoms with van der Waals surface area (Å²) >= 11 is 0. The highest BCUT2D eigenvalue weighted by Gasteiger charge is 2.13. The van der Waals surface area contributed by atoms with E-state index in [2.05, 4.69) is 23.1 Å². The van der Waals surface area contributed by atoms with Crippen LogP contribution in [0.3, 0.4) is 0 Å². The summed E-state index contributed by atoms with van der Waals surface area (Å²) in [6, 6.07) is 37.9. The summed E-state index contributed by atoms with van der Waals surface area (Å²) in [5, 5.41) is 38.5. The van der Waals surface area contributed by atoms with Crippen LogP contribution in [0.2, 0.25) is 0 Å². The third-order valence-corrected chi connectivity index (χ3v) is 6.57. The van der Waals surface area contributed by atoms with E-state index in [0.29, 0.717) is 0 Å². The minimum Gasteiger partial charge on any atom is -0.508 e. The normalized spacial score (nSPS) is 10.7. The van der Waals surface area contributed by atoms with Gasteiger partial charge in [0.25, 0.3) is 0 Å². The number of phenols is 2. The fraction of sp³-hybridized carbons (Fsp3) is 0.0588. The number of hydrogen-bond donors (Lipinski definition) is 4. The number of aromatic hydroxyl groups is 2. The average Bonchev–Trinajstić information content (AvgIpc) is 2.98. The van der Waals surface area contributed by atoms with Gasteiger partial charge in [-0.3, -0.25) is 0 Å². The topological polar surface area (TPSA) is 84.2 Å². The summed E-state index contributed by atoms with van der Waals surface area (Å²) in [5.41, 5.74) is 8.35. The van der Waals surface area contributed by atoms with Gasteiger partial charge in [-0.25, -0.2) is 0 Å². The van der Waals surface area contributed by atoms with E-state index in [4.69, 9.17) is 0 Å². The Morgan fingerprint density at radius 2 is 0.846 bits per heavy atom. The third-order valence-electron chi connectivity index (χ3n) is 6.57. The first kappa shape index (κ1) is 25.8. The molecule has 0 amide bonds. The summed E-state index contributed by atoms with van der Waals surface area (Å²) in [4.78, 5) is 2.12. The second kappa shape index (κ2) is 11.7. The van der Waals surface area contributed by atoms with Crippen LogP contribution in [0.1, 0.15) is 27.8 Å². The number of nitrogens with zero attached hydrogens (tertiary/aromatic N) is 1. The molecular formula is C34H29NO4. The van der Waals surface area contributed by atoms with E-state index in [1.165, 1.54) is 0 Å². The maximum absolute atomic E-state index is 9.78. The number of phenolic OH excluding ortho intramolecular Hbond substituents is 2. The Balaban J connectivity index is 1.54. The molecule has 0 aromatic heterocycles. The van der Waals surface area contributed by atoms with Crippen LogP contribution in [0, 0.1) is 0 Å². The minimum absolute atomic E-state index is 0.0170. The minimum atomic E-state index is -0.0170. The summed E-state index contributed by atoms with van der Waals surface area (Å²) < 4.78 is 0. The monoisotopic (exact) mass is 515 g/mol. The molecule has 0 atom stereocenters. The van der Waals surface area contributed by atoms with Crippen molar-refractivity contribution in [1.82, 2.24) is 0 Å². The van der Waals surface area contributed by atoms with Crippen molar-refractivity contribution in [2.75, 3.05) is 4.90 Å². The largest absolute Gasteiger partial charge is 0.508 e. The Morgan fingerprint density at radius 3 is 1.21 bits per heavy atom. The zero-order valence-corrected chi connectivity index (χ0v) is 21.3. The molecule has 0 unspecified atom stereocenters. The van der Waals surface area contributed by atoms with Crippen molar-refractivity contribution in [1.29, 1.82) is 0 Å². The van der Waals surface area contributed by atoms with Crippen molar-refractivity contribution in [3.05, 3.63) is 149 Å². The molecule has 0 aliphatic heterocycles. The van der Waals surface area contributed by atoms with Gasteiger partial charge in [0.2, 0.25) is 0 Å². The second-order valence-corrected chi connectivity index (χ2v) is 9.23. The predicted octanol–water partition coefficient (Wildman–Crippen LogP) is 7.14. The Bertz CT molecular complexity index is 1440. The average molecular weight is 516 g/mol. The Kier molecular flexibility index (Phi) is 7.73. The molecule has 5 nitrogen and oxygen atoms in total. The number of aliphatic hydroxyl groups is 2. The molecule has 0 radical (unpaired) electrons. The molecule has 0 fully saturated rings. The van der Waals surface area contributed by atoms with E-state index < -0.39 is 0 Å². The highest BCUT2D eigenvalue weighted by molar-refractivity contribution is 5.92. The molecule has 5 heteroatoms. The molecule has 0 aliphatic rings. The second-order valence-electron chi connectivity index (χ2n) is 9.23. The highest BCUT2D eigenvalue weighted by atomic mass is 16.3. The van der Waals surface area contributed by atoms with Crippen molar-refractivity contribution >= 4 is 28.7 Å². The van der Waals surface area contributed by atoms with Crippen LogP contribution in [0.5, 0.6) is 11.5 Å². The van der Waals surface area contributed by atoms with E-state index in [9.17, 15) is 20.4 Å². The van der Waals surface area contributed by atoms with Gasteiger partial charge < -0.3 is 25.3 Å². The van der Waals surface area contributed by atoms with Crippen LogP contribution in [0.25, 0.3) is 11.6 Å². The van der Waals surface area contributed by atoms with Gasteiger partial charge in [0.05, 0.1) is 13.2 Å². The molecule has 0 saturated heterocycles. The van der Waals surface area contributed by atoms with E-state index in [0.717, 1.165) is 50.5 Å². The highest BCUT2D eigenvalue weighted by Crippen LogP contribution is 2.36. The quantitative estimate of drug-likeness (QED) is 0.165. The Labute approximate surface area is 227 Å². The summed E-state index contributed by atoms with van der Waals surface area (Å²) in [6.45, 7) is -0.0339. The lowest BCUT2D eigenvalue weighted by Crippen LogP contribution is -2.10. The van der Waals surface area contributed by atoms with Gasteiger partial charge in [-0.2, -0.15) is 0 Å². The maximum Gasteiger partial charge on any atom is 0.115 e. The lowest BCUT2D eigenvalue weighted by atomic mass is 9.95. The van der Waals surface area contributed by atoms with Crippen molar-refractivity contribution in [2.45, 2.75) is 13.2 Å². The molecule has 5 aromatic rings. The molecule has 194 valence electrons. The predicted molar refractivity (Wildman–Crippen MR) is 156 cm³/mol. The number of anilines is 3. The lowest BCUT2D eigenvalue weighted by Gasteiger charge is -2.26. The first-order valence-electron chi connectivity index (χ1n) is 12.6. The van der Waals surface area contributed by atoms with Gasteiger partial charge in [0.1, 0.15) is 11.5 Å². The van der Waals surface area contributed by atoms with E-state index >= 15 is 0 Å². The number of benzene rings is 5. The van der Waals surface area contributed by atoms with Crippen molar-refractivity contribution in [3.63, 3.8) is 0 Å². The van der Waals surface area contributed by atoms with E-state index in [1.54, 1.807) is 24.3 Å². The van der Waals surface area contributed by atoms with Crippen LogP contribution >= 0.6 is 0 Å². The molecule has 0 heterocycles. The number of hydrogen-bond acceptors (Lipinski definition) is 5. The van der Waals surface area contributed by atoms with Crippen LogP contribution < -0.4 is 4.90 Å². The Morgan fingerprint density at radius 1 is 0.487 bits per heavy atom. The summed E-state index contributed by atoms with van der Waals surface area (Å²) in [5.74, 6) is 0.402. The molecule has 5 aromatic carbocycles. The van der Waals surface area contributed by atoms with Gasteiger partial charge in [-0.1, -0.05) is 60.7 Å². The molecule has 0 saturated carbocycles. The first-order chi connectivity index (χ1) is 19.0. The molecule has 0 spiro atoms. The van der Waals surface area contributed by atoms with Crippen LogP contribution in [0.15, 0.2) is 121 Å². The van der Waals surface area contributed by atoms with Gasteiger partial charge in [-0.15, -0.1) is 0 Å². The summed E-state index contributed by atoms with van der Waals surface area (Å²) in [6.07, 6.45) is 2.08. The lowest BCUT2D eigenvalue weighted by molar-refractivity contribution is 0.281. The molecule has 5 rings (SSSR count). The van der Waals surface area contributed by atoms with Gasteiger partial charge >= 0.3 is 0 Å². The smallest absolute Gasteiger partial charge is 0.115 e. The van der Waals surface area contributed by atoms with Crippen molar-refractivity contribution in [3.8, 4) is 11.5 Å². The van der Waals surface area contributed by atoms with Gasteiger partial charge in [0, 0.05) is 17.1 Å². The third kappa shape index (κ3) is 6.02. The van der Waals surface area contributed by atoms with Crippen LogP contribution in [-0.2, 0) is 13.2 Å². The zero-order valence-electron chi connectivity index (χ0n) is 21.3. The number of aliphatic hydroxyl groups excluding tert-OH is 2. The fourth-order valence-electron chi connectivity index (χ4n) is 4.45. The standard InChI is InChI=1S/C34H29NO4/c36-22-25-3-13-30(14-4-25)35(31-15-5-26(23-37)6-16-31)29-11-1-24(2-12-29)21-34(27-7-17-32(38)18-8-27)28-9-19-33(39)20-10-28/h1-21,36-39H,22-23H2. The van der Waals surface area contributed by atoms with E-state index in [-0.39, 0.29) is 24.7 Å². The maximum atomic E-state index is 9.78. The molecule has 4 N–H and O–H groups in total. The summed E-state index contributed by atoms with van der Waals surface area (Å²) in [7, 11) is 0. The first-order valence-corrected chi connectivity index (χ1v) is 12.6. The van der Waals surface area contributed by atoms with Crippen LogP contribution in [-0.4, -0.2) is 20.4 Å². The molecule has 39 heavy (non-hydrogen) atoms. The molecule has 0 aliphatic carbocycles. The molecule has 0 bridgehead atoms. The van der Waals surface area contributed by atoms with Crippen molar-refractivity contribution in [2.24, 2.45) is 0 Å². The SMILES string of the molecule is OCc1ccc(N(c2ccc(C=C(c3ccc(O)cc3)c3ccc(O)cc3)cc2)c2ccc(CO)cc2)cc1. The number of rotatable bonds is 8. The molecular weight excluding hydrogens is 486 g/mol. The van der Waals surface area contributed by atoms with Crippen molar-refractivity contribution < 1.29 is 20.4 Å². The van der Waals surface area contributed by atoms with Gasteiger partial charge in [0.15, 0.2) is 0 Å². The Hall–Kier alpha value is -4.84.